The standard InChI is InChI=1S/C27H37N5O4/c1-4-22(34)21-12-27-13-23(27)32(21)24(35)15-31-26-18(14-29-8-6-5-7-9-36-16-27)10-19(28-3)11-20(26)25(30-31)17(2)33/h10-11,21,23,28-29H,4-9,12-16H2,1-3H3/t21-,23+,27-/m0/s1. The number of hydrogen-bond acceptors (Lipinski definition) is 7. The molecule has 194 valence electrons. The van der Waals surface area contributed by atoms with Crippen molar-refractivity contribution in [1.82, 2.24) is 20.0 Å². The van der Waals surface area contributed by atoms with E-state index in [4.69, 9.17) is 4.74 Å². The maximum absolute atomic E-state index is 13.8. The zero-order valence-corrected chi connectivity index (χ0v) is 21.6. The lowest BCUT2D eigenvalue weighted by molar-refractivity contribution is -0.139. The summed E-state index contributed by atoms with van der Waals surface area (Å²) in [6.45, 7) is 6.15. The number of nitrogens with one attached hydrogen (secondary N) is 2. The first-order chi connectivity index (χ1) is 17.4. The Hall–Kier alpha value is -2.78. The monoisotopic (exact) mass is 495 g/mol. The Balaban J connectivity index is 1.56. The molecule has 3 atom stereocenters. The summed E-state index contributed by atoms with van der Waals surface area (Å²) < 4.78 is 7.73. The van der Waals surface area contributed by atoms with Crippen LogP contribution in [0.1, 0.15) is 68.4 Å². The average Bonchev–Trinajstić information content (AvgIpc) is 3.27. The lowest BCUT2D eigenvalue weighted by Gasteiger charge is -2.26. The molecule has 1 amide bonds. The molecular weight excluding hydrogens is 458 g/mol. The molecule has 2 bridgehead atoms. The predicted molar refractivity (Wildman–Crippen MR) is 137 cm³/mol. The van der Waals surface area contributed by atoms with Gasteiger partial charge in [0.05, 0.1) is 18.2 Å². The van der Waals surface area contributed by atoms with Crippen molar-refractivity contribution in [2.24, 2.45) is 5.41 Å². The van der Waals surface area contributed by atoms with Crippen molar-refractivity contribution in [2.45, 2.75) is 77.5 Å². The second-order valence-corrected chi connectivity index (χ2v) is 10.6. The summed E-state index contributed by atoms with van der Waals surface area (Å²) in [5.74, 6) is -0.159. The Bertz CT molecular complexity index is 1190. The fraction of sp³-hybridized carbons (Fsp3) is 0.630. The zero-order valence-electron chi connectivity index (χ0n) is 21.6. The molecule has 2 aliphatic heterocycles. The maximum atomic E-state index is 13.8. The van der Waals surface area contributed by atoms with Crippen LogP contribution in [0.2, 0.25) is 0 Å². The summed E-state index contributed by atoms with van der Waals surface area (Å²) in [5, 5.41) is 12.1. The molecule has 3 aliphatic rings. The van der Waals surface area contributed by atoms with E-state index in [-0.39, 0.29) is 35.5 Å². The third kappa shape index (κ3) is 4.43. The van der Waals surface area contributed by atoms with Crippen LogP contribution in [0.3, 0.4) is 0 Å². The molecule has 0 unspecified atom stereocenters. The van der Waals surface area contributed by atoms with E-state index in [1.807, 2.05) is 24.9 Å². The van der Waals surface area contributed by atoms with Crippen LogP contribution in [-0.4, -0.2) is 71.0 Å². The highest BCUT2D eigenvalue weighted by Crippen LogP contribution is 2.60. The van der Waals surface area contributed by atoms with Crippen molar-refractivity contribution < 1.29 is 19.1 Å². The molecule has 0 radical (unpaired) electrons. The maximum Gasteiger partial charge on any atom is 0.245 e. The van der Waals surface area contributed by atoms with Gasteiger partial charge in [0.2, 0.25) is 5.91 Å². The largest absolute Gasteiger partial charge is 0.388 e. The van der Waals surface area contributed by atoms with E-state index in [0.29, 0.717) is 38.3 Å². The minimum Gasteiger partial charge on any atom is -0.388 e. The molecule has 2 fully saturated rings. The SMILES string of the molecule is CCC(=O)[C@@H]1C[C@]23COCCCCCNCc4cc(NC)cc5c(C(C)=O)nn(c45)CC(=O)N1[C@@H]2C3. The zero-order chi connectivity index (χ0) is 25.4. The Morgan fingerprint density at radius 1 is 1.25 bits per heavy atom. The third-order valence-corrected chi connectivity index (χ3v) is 8.10. The Labute approximate surface area is 211 Å². The lowest BCUT2D eigenvalue weighted by atomic mass is 9.97. The van der Waals surface area contributed by atoms with Crippen molar-refractivity contribution in [2.75, 3.05) is 32.1 Å². The van der Waals surface area contributed by atoms with Crippen LogP contribution in [0.4, 0.5) is 5.69 Å². The van der Waals surface area contributed by atoms with Crippen LogP contribution >= 0.6 is 0 Å². The first kappa shape index (κ1) is 24.9. The Kier molecular flexibility index (Phi) is 6.87. The minimum atomic E-state index is -0.408. The molecule has 9 nitrogen and oxygen atoms in total. The highest BCUT2D eigenvalue weighted by molar-refractivity contribution is 6.06. The molecule has 36 heavy (non-hydrogen) atoms. The summed E-state index contributed by atoms with van der Waals surface area (Å²) >= 11 is 0. The molecule has 5 rings (SSSR count). The van der Waals surface area contributed by atoms with E-state index in [1.165, 1.54) is 6.92 Å². The van der Waals surface area contributed by atoms with Crippen molar-refractivity contribution in [3.63, 3.8) is 0 Å². The van der Waals surface area contributed by atoms with Gasteiger partial charge in [-0.2, -0.15) is 5.10 Å². The molecule has 9 heteroatoms. The molecule has 1 aliphatic carbocycles. The second kappa shape index (κ2) is 9.94. The number of nitrogens with zero attached hydrogens (tertiary/aromatic N) is 3. The number of aromatic nitrogens is 2. The van der Waals surface area contributed by atoms with Crippen molar-refractivity contribution in [1.29, 1.82) is 0 Å². The number of carbonyl (C=O) groups excluding carboxylic acids is 3. The number of carbonyl (C=O) groups is 3. The highest BCUT2D eigenvalue weighted by atomic mass is 16.5. The molecule has 1 saturated carbocycles. The number of Topliss-reactive ketones (excluding diaryl/α,β-unsaturated/α-hetero) is 2. The van der Waals surface area contributed by atoms with Gasteiger partial charge in [0.15, 0.2) is 11.6 Å². The molecular formula is C27H37N5O4. The van der Waals surface area contributed by atoms with E-state index in [9.17, 15) is 14.4 Å². The number of piperidine rings is 1. The summed E-state index contributed by atoms with van der Waals surface area (Å²) in [5.41, 5.74) is 2.94. The van der Waals surface area contributed by atoms with Crippen molar-refractivity contribution in [3.05, 3.63) is 23.4 Å². The number of hydrogen-bond donors (Lipinski definition) is 2. The first-order valence-electron chi connectivity index (χ1n) is 13.2. The fourth-order valence-electron chi connectivity index (χ4n) is 6.10. The van der Waals surface area contributed by atoms with Crippen molar-refractivity contribution in [3.8, 4) is 0 Å². The minimum absolute atomic E-state index is 0.00336. The topological polar surface area (TPSA) is 106 Å². The lowest BCUT2D eigenvalue weighted by Crippen LogP contribution is -2.44. The number of benzene rings is 1. The van der Waals surface area contributed by atoms with Gasteiger partial charge in [0.1, 0.15) is 12.2 Å². The smallest absolute Gasteiger partial charge is 0.245 e. The number of amides is 1. The van der Waals surface area contributed by atoms with Crippen LogP contribution in [0.15, 0.2) is 12.1 Å². The van der Waals surface area contributed by atoms with E-state index in [0.717, 1.165) is 54.4 Å². The van der Waals surface area contributed by atoms with Gasteiger partial charge in [-0.1, -0.05) is 6.92 Å². The van der Waals surface area contributed by atoms with Gasteiger partial charge in [0, 0.05) is 56.1 Å². The first-order valence-corrected chi connectivity index (χ1v) is 13.2. The fourth-order valence-corrected chi connectivity index (χ4v) is 6.10. The quantitative estimate of drug-likeness (QED) is 0.629. The number of rotatable bonds is 4. The van der Waals surface area contributed by atoms with E-state index < -0.39 is 6.04 Å². The summed E-state index contributed by atoms with van der Waals surface area (Å²) in [6.07, 6.45) is 5.07. The summed E-state index contributed by atoms with van der Waals surface area (Å²) in [7, 11) is 1.85. The summed E-state index contributed by atoms with van der Waals surface area (Å²) in [6, 6.07) is 3.60. The average molecular weight is 496 g/mol. The molecule has 1 aromatic heterocycles. The normalized spacial score (nSPS) is 27.0. The molecule has 2 N–H and O–H groups in total. The number of anilines is 1. The third-order valence-electron chi connectivity index (χ3n) is 8.10. The number of ether oxygens (including phenoxy) is 1. The van der Waals surface area contributed by atoms with Gasteiger partial charge in [-0.05, 0) is 56.3 Å². The Morgan fingerprint density at radius 3 is 2.83 bits per heavy atom. The highest BCUT2D eigenvalue weighted by Gasteiger charge is 2.66. The van der Waals surface area contributed by atoms with Gasteiger partial charge in [0.25, 0.3) is 0 Å². The van der Waals surface area contributed by atoms with Crippen LogP contribution < -0.4 is 10.6 Å². The van der Waals surface area contributed by atoms with Crippen LogP contribution in [0.5, 0.6) is 0 Å². The van der Waals surface area contributed by atoms with Crippen LogP contribution in [0.25, 0.3) is 10.9 Å². The molecule has 1 aromatic carbocycles. The molecule has 0 spiro atoms. The second-order valence-electron chi connectivity index (χ2n) is 10.6. The number of ketones is 2. The van der Waals surface area contributed by atoms with Gasteiger partial charge in [-0.25, -0.2) is 0 Å². The van der Waals surface area contributed by atoms with Crippen LogP contribution in [0, 0.1) is 5.41 Å². The van der Waals surface area contributed by atoms with Gasteiger partial charge in [-0.15, -0.1) is 0 Å². The molecule has 1 saturated heterocycles. The van der Waals surface area contributed by atoms with Crippen LogP contribution in [-0.2, 0) is 27.4 Å². The van der Waals surface area contributed by atoms with E-state index >= 15 is 0 Å². The van der Waals surface area contributed by atoms with Gasteiger partial charge < -0.3 is 20.3 Å². The van der Waals surface area contributed by atoms with E-state index in [1.54, 1.807) is 4.68 Å². The van der Waals surface area contributed by atoms with Gasteiger partial charge >= 0.3 is 0 Å². The summed E-state index contributed by atoms with van der Waals surface area (Å²) in [4.78, 5) is 41.0. The molecule has 3 heterocycles. The van der Waals surface area contributed by atoms with Crippen molar-refractivity contribution >= 4 is 34.1 Å². The van der Waals surface area contributed by atoms with E-state index in [2.05, 4.69) is 21.8 Å². The Morgan fingerprint density at radius 2 is 2.08 bits per heavy atom. The van der Waals surface area contributed by atoms with Gasteiger partial charge in [-0.3, -0.25) is 19.1 Å². The predicted octanol–water partition coefficient (Wildman–Crippen LogP) is 2.91. The molecule has 2 aromatic rings.